The van der Waals surface area contributed by atoms with Crippen LogP contribution < -0.4 is 0 Å². The van der Waals surface area contributed by atoms with Gasteiger partial charge in [0.25, 0.3) is 0 Å². The Morgan fingerprint density at radius 1 is 1.36 bits per heavy atom. The van der Waals surface area contributed by atoms with E-state index in [0.29, 0.717) is 6.42 Å². The van der Waals surface area contributed by atoms with Gasteiger partial charge < -0.3 is 4.74 Å². The van der Waals surface area contributed by atoms with Crippen molar-refractivity contribution in [3.05, 3.63) is 0 Å². The summed E-state index contributed by atoms with van der Waals surface area (Å²) in [5.41, 5.74) is 0. The minimum absolute atomic E-state index is 0.123. The molecule has 2 saturated heterocycles. The van der Waals surface area contributed by atoms with Crippen LogP contribution in [-0.4, -0.2) is 25.9 Å². The average molecular weight is 197 g/mol. The van der Waals surface area contributed by atoms with Crippen molar-refractivity contribution >= 4 is 19.7 Å². The summed E-state index contributed by atoms with van der Waals surface area (Å²) in [7, 11) is 1.84. The van der Waals surface area contributed by atoms with Crippen LogP contribution in [0, 0.1) is 0 Å². The number of halogens is 1. The van der Waals surface area contributed by atoms with Crippen LogP contribution >= 0.6 is 10.7 Å². The third kappa shape index (κ3) is 1.27. The van der Waals surface area contributed by atoms with Gasteiger partial charge in [-0.2, -0.15) is 0 Å². The van der Waals surface area contributed by atoms with E-state index >= 15 is 0 Å². The van der Waals surface area contributed by atoms with Crippen molar-refractivity contribution in [3.8, 4) is 0 Å². The van der Waals surface area contributed by atoms with Crippen LogP contribution in [0.3, 0.4) is 0 Å². The van der Waals surface area contributed by atoms with E-state index < -0.39 is 14.3 Å². The molecule has 11 heavy (non-hydrogen) atoms. The largest absolute Gasteiger partial charge is 0.374 e. The molecule has 5 heteroatoms. The summed E-state index contributed by atoms with van der Waals surface area (Å²) < 4.78 is 27.2. The molecule has 0 aliphatic carbocycles. The van der Waals surface area contributed by atoms with Gasteiger partial charge in [0.15, 0.2) is 0 Å². The van der Waals surface area contributed by atoms with E-state index in [0.717, 1.165) is 12.8 Å². The topological polar surface area (TPSA) is 43.4 Å². The van der Waals surface area contributed by atoms with E-state index in [2.05, 4.69) is 0 Å². The first kappa shape index (κ1) is 7.83. The highest BCUT2D eigenvalue weighted by molar-refractivity contribution is 8.14. The first-order chi connectivity index (χ1) is 5.07. The predicted octanol–water partition coefficient (Wildman–Crippen LogP) is 0.875. The molecule has 0 saturated carbocycles. The average Bonchev–Trinajstić information content (AvgIpc) is 2.42. The molecule has 2 aliphatic rings. The molecule has 0 radical (unpaired) electrons. The summed E-state index contributed by atoms with van der Waals surface area (Å²) in [5, 5.41) is -0.442. The lowest BCUT2D eigenvalue weighted by atomic mass is 10.0. The SMILES string of the molecule is O=S(=O)(Cl)C1CC2CCC1O2. The summed E-state index contributed by atoms with van der Waals surface area (Å²) >= 11 is 0. The van der Waals surface area contributed by atoms with E-state index in [1.54, 1.807) is 0 Å². The standard InChI is InChI=1S/C6H9ClO3S/c7-11(8,9)6-3-4-1-2-5(6)10-4/h4-6H,1-3H2. The van der Waals surface area contributed by atoms with E-state index in [-0.39, 0.29) is 12.2 Å². The Morgan fingerprint density at radius 2 is 2.09 bits per heavy atom. The Labute approximate surface area is 70.1 Å². The molecule has 2 bridgehead atoms. The van der Waals surface area contributed by atoms with E-state index in [4.69, 9.17) is 15.4 Å². The Hall–Kier alpha value is 0.200. The number of ether oxygens (including phenoxy) is 1. The predicted molar refractivity (Wildman–Crippen MR) is 41.1 cm³/mol. The fourth-order valence-electron chi connectivity index (χ4n) is 1.89. The van der Waals surface area contributed by atoms with Crippen molar-refractivity contribution in [2.45, 2.75) is 36.7 Å². The zero-order chi connectivity index (χ0) is 8.06. The molecule has 64 valence electrons. The van der Waals surface area contributed by atoms with Crippen LogP contribution in [-0.2, 0) is 13.8 Å². The molecule has 0 amide bonds. The van der Waals surface area contributed by atoms with Crippen LogP contribution in [0.15, 0.2) is 0 Å². The lowest BCUT2D eigenvalue weighted by molar-refractivity contribution is 0.105. The Bertz CT molecular complexity index is 261. The minimum Gasteiger partial charge on any atom is -0.374 e. The summed E-state index contributed by atoms with van der Waals surface area (Å²) in [6.45, 7) is 0. The number of fused-ring (bicyclic) bond motifs is 2. The van der Waals surface area contributed by atoms with Gasteiger partial charge in [-0.05, 0) is 19.3 Å². The van der Waals surface area contributed by atoms with Crippen molar-refractivity contribution in [2.24, 2.45) is 0 Å². The summed E-state index contributed by atoms with van der Waals surface area (Å²) in [6.07, 6.45) is 2.46. The summed E-state index contributed by atoms with van der Waals surface area (Å²) in [6, 6.07) is 0. The number of hydrogen-bond acceptors (Lipinski definition) is 3. The smallest absolute Gasteiger partial charge is 0.238 e. The van der Waals surface area contributed by atoms with E-state index in [1.807, 2.05) is 0 Å². The fourth-order valence-corrected chi connectivity index (χ4v) is 3.46. The maximum absolute atomic E-state index is 10.9. The third-order valence-corrected chi connectivity index (χ3v) is 4.32. The van der Waals surface area contributed by atoms with Gasteiger partial charge in [-0.3, -0.25) is 0 Å². The number of hydrogen-bond donors (Lipinski definition) is 0. The molecule has 0 spiro atoms. The van der Waals surface area contributed by atoms with Gasteiger partial charge >= 0.3 is 0 Å². The molecule has 3 unspecified atom stereocenters. The quantitative estimate of drug-likeness (QED) is 0.585. The molecule has 0 aromatic heterocycles. The van der Waals surface area contributed by atoms with Crippen molar-refractivity contribution in [3.63, 3.8) is 0 Å². The lowest BCUT2D eigenvalue weighted by Crippen LogP contribution is -2.27. The normalized spacial score (nSPS) is 43.2. The van der Waals surface area contributed by atoms with Crippen LogP contribution in [0.2, 0.25) is 0 Å². The molecular weight excluding hydrogens is 188 g/mol. The van der Waals surface area contributed by atoms with Gasteiger partial charge in [-0.25, -0.2) is 8.42 Å². The minimum atomic E-state index is -3.39. The van der Waals surface area contributed by atoms with Gasteiger partial charge in [-0.1, -0.05) is 0 Å². The first-order valence-electron chi connectivity index (χ1n) is 3.66. The van der Waals surface area contributed by atoms with Gasteiger partial charge in [0, 0.05) is 10.7 Å². The molecule has 2 heterocycles. The molecule has 2 fully saturated rings. The van der Waals surface area contributed by atoms with Crippen molar-refractivity contribution in [1.82, 2.24) is 0 Å². The Kier molecular flexibility index (Phi) is 1.67. The van der Waals surface area contributed by atoms with Crippen molar-refractivity contribution in [1.29, 1.82) is 0 Å². The molecule has 3 nitrogen and oxygen atoms in total. The van der Waals surface area contributed by atoms with E-state index in [9.17, 15) is 8.42 Å². The second-order valence-corrected chi connectivity index (χ2v) is 5.97. The second kappa shape index (κ2) is 2.34. The highest BCUT2D eigenvalue weighted by Gasteiger charge is 2.46. The van der Waals surface area contributed by atoms with Crippen LogP contribution in [0.4, 0.5) is 0 Å². The van der Waals surface area contributed by atoms with Crippen LogP contribution in [0.5, 0.6) is 0 Å². The molecule has 2 rings (SSSR count). The highest BCUT2D eigenvalue weighted by atomic mass is 35.7. The first-order valence-corrected chi connectivity index (χ1v) is 6.03. The molecule has 0 aromatic rings. The highest BCUT2D eigenvalue weighted by Crippen LogP contribution is 2.38. The maximum Gasteiger partial charge on any atom is 0.238 e. The van der Waals surface area contributed by atoms with Crippen LogP contribution in [0.25, 0.3) is 0 Å². The molecule has 3 atom stereocenters. The number of rotatable bonds is 1. The fraction of sp³-hybridized carbons (Fsp3) is 1.00. The Morgan fingerprint density at radius 3 is 2.36 bits per heavy atom. The monoisotopic (exact) mass is 196 g/mol. The lowest BCUT2D eigenvalue weighted by Gasteiger charge is -2.13. The van der Waals surface area contributed by atoms with Gasteiger partial charge in [-0.15, -0.1) is 0 Å². The zero-order valence-corrected chi connectivity index (χ0v) is 7.44. The molecule has 0 aromatic carbocycles. The summed E-state index contributed by atoms with van der Waals surface area (Å²) in [4.78, 5) is 0. The maximum atomic E-state index is 10.9. The van der Waals surface area contributed by atoms with Gasteiger partial charge in [0.1, 0.15) is 5.25 Å². The van der Waals surface area contributed by atoms with Gasteiger partial charge in [0.05, 0.1) is 12.2 Å². The second-order valence-electron chi connectivity index (χ2n) is 3.12. The molecular formula is C6H9ClO3S. The van der Waals surface area contributed by atoms with Crippen LogP contribution in [0.1, 0.15) is 19.3 Å². The van der Waals surface area contributed by atoms with Crippen molar-refractivity contribution < 1.29 is 13.2 Å². The van der Waals surface area contributed by atoms with Gasteiger partial charge in [0.2, 0.25) is 9.05 Å². The molecule has 2 aliphatic heterocycles. The van der Waals surface area contributed by atoms with Crippen molar-refractivity contribution in [2.75, 3.05) is 0 Å². The Balaban J connectivity index is 2.21. The summed E-state index contributed by atoms with van der Waals surface area (Å²) in [5.74, 6) is 0. The van der Waals surface area contributed by atoms with E-state index in [1.165, 1.54) is 0 Å². The molecule has 0 N–H and O–H groups in total. The third-order valence-electron chi connectivity index (χ3n) is 2.41. The zero-order valence-electron chi connectivity index (χ0n) is 5.86.